The van der Waals surface area contributed by atoms with E-state index in [4.69, 9.17) is 4.74 Å². The molecule has 0 aliphatic carbocycles. The maximum absolute atomic E-state index is 11.9. The number of nitrogens with zero attached hydrogens (tertiary/aromatic N) is 1. The third kappa shape index (κ3) is 5.71. The molecular weight excluding hydrogens is 288 g/mol. The van der Waals surface area contributed by atoms with Gasteiger partial charge in [-0.2, -0.15) is 0 Å². The molecule has 1 amide bonds. The first-order valence-electron chi connectivity index (χ1n) is 8.39. The fourth-order valence-corrected chi connectivity index (χ4v) is 2.71. The van der Waals surface area contributed by atoms with E-state index in [0.29, 0.717) is 0 Å². The van der Waals surface area contributed by atoms with E-state index in [9.17, 15) is 4.79 Å². The second kappa shape index (κ2) is 7.64. The van der Waals surface area contributed by atoms with Crippen LogP contribution in [0.5, 0.6) is 0 Å². The Labute approximate surface area is 139 Å². The molecule has 0 saturated carbocycles. The topological polar surface area (TPSA) is 41.6 Å². The van der Waals surface area contributed by atoms with Crippen molar-refractivity contribution in [1.29, 1.82) is 0 Å². The highest BCUT2D eigenvalue weighted by atomic mass is 16.6. The molecule has 1 aliphatic rings. The number of amides is 1. The number of hydrogen-bond acceptors (Lipinski definition) is 3. The molecule has 0 fully saturated rings. The Morgan fingerprint density at radius 3 is 2.74 bits per heavy atom. The standard InChI is InChI=1S/C19H28N2O2/c1-5-11-21-12-9-15(10-13-21)16-7-6-8-17(14-16)20-18(22)23-19(2,3)4/h6-9,14H,5,10-13H2,1-4H3,(H,20,22). The predicted octanol–water partition coefficient (Wildman–Crippen LogP) is 4.53. The maximum Gasteiger partial charge on any atom is 0.412 e. The molecule has 1 heterocycles. The van der Waals surface area contributed by atoms with E-state index in [0.717, 1.165) is 31.7 Å². The molecule has 2 rings (SSSR count). The van der Waals surface area contributed by atoms with Crippen LogP contribution in [0.1, 0.15) is 46.1 Å². The Morgan fingerprint density at radius 1 is 1.35 bits per heavy atom. The van der Waals surface area contributed by atoms with Crippen LogP contribution in [-0.4, -0.2) is 36.2 Å². The molecule has 0 radical (unpaired) electrons. The van der Waals surface area contributed by atoms with Gasteiger partial charge in [-0.1, -0.05) is 25.1 Å². The van der Waals surface area contributed by atoms with Crippen molar-refractivity contribution in [3.05, 3.63) is 35.9 Å². The van der Waals surface area contributed by atoms with Crippen LogP contribution < -0.4 is 5.32 Å². The zero-order valence-corrected chi connectivity index (χ0v) is 14.7. The molecule has 1 N–H and O–H groups in total. The van der Waals surface area contributed by atoms with Crippen LogP contribution in [0.2, 0.25) is 0 Å². The summed E-state index contributed by atoms with van der Waals surface area (Å²) in [4.78, 5) is 14.3. The molecule has 0 saturated heterocycles. The summed E-state index contributed by atoms with van der Waals surface area (Å²) >= 11 is 0. The summed E-state index contributed by atoms with van der Waals surface area (Å²) in [6.07, 6.45) is 4.13. The van der Waals surface area contributed by atoms with Crippen LogP contribution in [0.15, 0.2) is 30.3 Å². The van der Waals surface area contributed by atoms with E-state index in [1.54, 1.807) is 0 Å². The highest BCUT2D eigenvalue weighted by Gasteiger charge is 2.17. The Kier molecular flexibility index (Phi) is 5.83. The van der Waals surface area contributed by atoms with Crippen molar-refractivity contribution in [3.8, 4) is 0 Å². The van der Waals surface area contributed by atoms with Crippen LogP contribution in [0, 0.1) is 0 Å². The minimum atomic E-state index is -0.490. The van der Waals surface area contributed by atoms with Gasteiger partial charge in [-0.25, -0.2) is 4.79 Å². The number of carbonyl (C=O) groups is 1. The summed E-state index contributed by atoms with van der Waals surface area (Å²) in [6.45, 7) is 11.1. The number of carbonyl (C=O) groups excluding carboxylic acids is 1. The molecule has 1 aromatic rings. The van der Waals surface area contributed by atoms with Crippen molar-refractivity contribution in [3.63, 3.8) is 0 Å². The van der Waals surface area contributed by atoms with Gasteiger partial charge in [0.15, 0.2) is 0 Å². The van der Waals surface area contributed by atoms with Gasteiger partial charge in [0.25, 0.3) is 0 Å². The first kappa shape index (κ1) is 17.5. The molecule has 0 bridgehead atoms. The highest BCUT2D eigenvalue weighted by Crippen LogP contribution is 2.25. The molecule has 23 heavy (non-hydrogen) atoms. The number of ether oxygens (including phenoxy) is 1. The lowest BCUT2D eigenvalue weighted by Gasteiger charge is -2.26. The predicted molar refractivity (Wildman–Crippen MR) is 95.6 cm³/mol. The van der Waals surface area contributed by atoms with E-state index in [1.807, 2.05) is 39.0 Å². The van der Waals surface area contributed by atoms with Crippen molar-refractivity contribution in [2.24, 2.45) is 0 Å². The Hall–Kier alpha value is -1.81. The molecule has 1 aliphatic heterocycles. The van der Waals surface area contributed by atoms with E-state index in [1.165, 1.54) is 17.6 Å². The molecule has 0 aromatic heterocycles. The van der Waals surface area contributed by atoms with E-state index in [2.05, 4.69) is 29.3 Å². The van der Waals surface area contributed by atoms with Crippen LogP contribution in [0.25, 0.3) is 5.57 Å². The zero-order valence-electron chi connectivity index (χ0n) is 14.7. The number of rotatable bonds is 4. The number of hydrogen-bond donors (Lipinski definition) is 1. The van der Waals surface area contributed by atoms with Crippen LogP contribution >= 0.6 is 0 Å². The van der Waals surface area contributed by atoms with Gasteiger partial charge >= 0.3 is 6.09 Å². The summed E-state index contributed by atoms with van der Waals surface area (Å²) in [5, 5.41) is 2.81. The fourth-order valence-electron chi connectivity index (χ4n) is 2.71. The Bertz CT molecular complexity index is 573. The lowest BCUT2D eigenvalue weighted by molar-refractivity contribution is 0.0636. The van der Waals surface area contributed by atoms with Gasteiger partial charge in [0.2, 0.25) is 0 Å². The van der Waals surface area contributed by atoms with E-state index in [-0.39, 0.29) is 0 Å². The summed E-state index contributed by atoms with van der Waals surface area (Å²) in [6, 6.07) is 7.98. The molecule has 126 valence electrons. The van der Waals surface area contributed by atoms with Crippen molar-refractivity contribution in [1.82, 2.24) is 4.90 Å². The SMILES string of the molecule is CCCN1CC=C(c2cccc(NC(=O)OC(C)(C)C)c2)CC1. The third-order valence-corrected chi connectivity index (χ3v) is 3.71. The molecule has 0 spiro atoms. The molecule has 4 nitrogen and oxygen atoms in total. The number of benzene rings is 1. The quantitative estimate of drug-likeness (QED) is 0.887. The van der Waals surface area contributed by atoms with Gasteiger partial charge in [0, 0.05) is 18.8 Å². The number of anilines is 1. The fraction of sp³-hybridized carbons (Fsp3) is 0.526. The summed E-state index contributed by atoms with van der Waals surface area (Å²) in [5.41, 5.74) is 2.81. The average molecular weight is 316 g/mol. The van der Waals surface area contributed by atoms with Gasteiger partial charge < -0.3 is 4.74 Å². The first-order chi connectivity index (χ1) is 10.9. The Balaban J connectivity index is 2.02. The van der Waals surface area contributed by atoms with Crippen LogP contribution in [0.3, 0.4) is 0 Å². The third-order valence-electron chi connectivity index (χ3n) is 3.71. The van der Waals surface area contributed by atoms with E-state index < -0.39 is 11.7 Å². The second-order valence-corrected chi connectivity index (χ2v) is 6.99. The monoisotopic (exact) mass is 316 g/mol. The largest absolute Gasteiger partial charge is 0.444 e. The zero-order chi connectivity index (χ0) is 16.9. The molecule has 4 heteroatoms. The second-order valence-electron chi connectivity index (χ2n) is 6.99. The molecular formula is C19H28N2O2. The molecule has 0 unspecified atom stereocenters. The van der Waals surface area contributed by atoms with Crippen molar-refractivity contribution in [2.75, 3.05) is 25.0 Å². The van der Waals surface area contributed by atoms with Crippen molar-refractivity contribution < 1.29 is 9.53 Å². The van der Waals surface area contributed by atoms with Gasteiger partial charge in [0.05, 0.1) is 0 Å². The summed E-state index contributed by atoms with van der Waals surface area (Å²) in [7, 11) is 0. The number of nitrogens with one attached hydrogen (secondary N) is 1. The smallest absolute Gasteiger partial charge is 0.412 e. The summed E-state index contributed by atoms with van der Waals surface area (Å²) < 4.78 is 5.30. The Morgan fingerprint density at radius 2 is 2.13 bits per heavy atom. The van der Waals surface area contributed by atoms with Crippen molar-refractivity contribution >= 4 is 17.4 Å². The highest BCUT2D eigenvalue weighted by molar-refractivity contribution is 5.85. The normalized spacial score (nSPS) is 15.9. The van der Waals surface area contributed by atoms with Gasteiger partial charge in [0.1, 0.15) is 5.60 Å². The van der Waals surface area contributed by atoms with Gasteiger partial charge in [-0.3, -0.25) is 10.2 Å². The average Bonchev–Trinajstić information content (AvgIpc) is 2.46. The van der Waals surface area contributed by atoms with Crippen LogP contribution in [-0.2, 0) is 4.74 Å². The van der Waals surface area contributed by atoms with Gasteiger partial charge in [-0.05, 0) is 63.4 Å². The van der Waals surface area contributed by atoms with Crippen LogP contribution in [0.4, 0.5) is 10.5 Å². The van der Waals surface area contributed by atoms with Crippen molar-refractivity contribution in [2.45, 2.75) is 46.1 Å². The lowest BCUT2D eigenvalue weighted by Crippen LogP contribution is -2.29. The summed E-state index contributed by atoms with van der Waals surface area (Å²) in [5.74, 6) is 0. The van der Waals surface area contributed by atoms with E-state index >= 15 is 0 Å². The lowest BCUT2D eigenvalue weighted by atomic mass is 9.99. The molecule has 1 aromatic carbocycles. The minimum Gasteiger partial charge on any atom is -0.444 e. The minimum absolute atomic E-state index is 0.415. The molecule has 0 atom stereocenters. The van der Waals surface area contributed by atoms with Gasteiger partial charge in [-0.15, -0.1) is 0 Å². The maximum atomic E-state index is 11.9. The first-order valence-corrected chi connectivity index (χ1v) is 8.39.